The van der Waals surface area contributed by atoms with E-state index in [4.69, 9.17) is 0 Å². The van der Waals surface area contributed by atoms with Crippen LogP contribution in [0.4, 0.5) is 4.39 Å². The molecule has 0 aromatic heterocycles. The highest BCUT2D eigenvalue weighted by Crippen LogP contribution is 2.21. The SMILES string of the molecule is CC[C@H](C)NC(=O)[C@H](Cc1ccccc1)N(Cc1ccccc1F)C(=O)CSCc1ccccc1C. The van der Waals surface area contributed by atoms with Crippen LogP contribution < -0.4 is 5.32 Å². The van der Waals surface area contributed by atoms with Gasteiger partial charge in [-0.2, -0.15) is 0 Å². The minimum Gasteiger partial charge on any atom is -0.352 e. The maximum Gasteiger partial charge on any atom is 0.243 e. The number of carbonyl (C=O) groups is 2. The van der Waals surface area contributed by atoms with Gasteiger partial charge in [-0.05, 0) is 43.0 Å². The molecular weight excluding hydrogens is 471 g/mol. The first kappa shape index (κ1) is 27.5. The van der Waals surface area contributed by atoms with E-state index in [2.05, 4.69) is 24.4 Å². The quantitative estimate of drug-likeness (QED) is 0.332. The molecule has 0 aliphatic heterocycles. The first-order valence-electron chi connectivity index (χ1n) is 12.4. The molecule has 3 rings (SSSR count). The fraction of sp³-hybridized carbons (Fsp3) is 0.333. The van der Waals surface area contributed by atoms with Crippen molar-refractivity contribution in [3.63, 3.8) is 0 Å². The molecule has 2 atom stereocenters. The summed E-state index contributed by atoms with van der Waals surface area (Å²) in [6.45, 7) is 6.03. The van der Waals surface area contributed by atoms with E-state index in [-0.39, 0.29) is 36.0 Å². The lowest BCUT2D eigenvalue weighted by molar-refractivity contribution is -0.139. The van der Waals surface area contributed by atoms with Crippen LogP contribution in [0.15, 0.2) is 78.9 Å². The average Bonchev–Trinajstić information content (AvgIpc) is 2.88. The predicted molar refractivity (Wildman–Crippen MR) is 146 cm³/mol. The number of thioether (sulfide) groups is 1. The standard InChI is InChI=1S/C30H35FN2O2S/c1-4-23(3)32-30(35)28(18-24-13-6-5-7-14-24)33(19-25-15-10-11-17-27(25)31)29(34)21-36-20-26-16-9-8-12-22(26)2/h5-17,23,28H,4,18-21H2,1-3H3,(H,32,35)/t23-,28-/m0/s1. The molecule has 0 aliphatic rings. The number of carbonyl (C=O) groups excluding carboxylic acids is 2. The van der Waals surface area contributed by atoms with Crippen LogP contribution in [-0.4, -0.2) is 34.6 Å². The summed E-state index contributed by atoms with van der Waals surface area (Å²) in [6, 6.07) is 23.4. The van der Waals surface area contributed by atoms with Gasteiger partial charge in [0.05, 0.1) is 5.75 Å². The zero-order valence-corrected chi connectivity index (χ0v) is 22.1. The van der Waals surface area contributed by atoms with Gasteiger partial charge in [0.15, 0.2) is 0 Å². The van der Waals surface area contributed by atoms with Gasteiger partial charge in [-0.1, -0.05) is 79.7 Å². The zero-order chi connectivity index (χ0) is 25.9. The highest BCUT2D eigenvalue weighted by atomic mass is 32.2. The lowest BCUT2D eigenvalue weighted by atomic mass is 10.0. The average molecular weight is 507 g/mol. The van der Waals surface area contributed by atoms with Crippen molar-refractivity contribution in [3.05, 3.63) is 107 Å². The number of hydrogen-bond donors (Lipinski definition) is 1. The van der Waals surface area contributed by atoms with Crippen molar-refractivity contribution in [2.24, 2.45) is 0 Å². The lowest BCUT2D eigenvalue weighted by Crippen LogP contribution is -2.52. The zero-order valence-electron chi connectivity index (χ0n) is 21.2. The van der Waals surface area contributed by atoms with E-state index >= 15 is 0 Å². The van der Waals surface area contributed by atoms with Crippen molar-refractivity contribution in [3.8, 4) is 0 Å². The minimum atomic E-state index is -0.757. The first-order valence-corrected chi connectivity index (χ1v) is 13.5. The van der Waals surface area contributed by atoms with E-state index in [0.717, 1.165) is 12.0 Å². The van der Waals surface area contributed by atoms with Crippen molar-refractivity contribution < 1.29 is 14.0 Å². The number of nitrogens with zero attached hydrogens (tertiary/aromatic N) is 1. The summed E-state index contributed by atoms with van der Waals surface area (Å²) in [7, 11) is 0. The molecule has 3 aromatic carbocycles. The Morgan fingerprint density at radius 2 is 1.58 bits per heavy atom. The molecule has 4 nitrogen and oxygen atoms in total. The van der Waals surface area contributed by atoms with Crippen LogP contribution in [-0.2, 0) is 28.3 Å². The van der Waals surface area contributed by atoms with Crippen LogP contribution in [0.1, 0.15) is 42.5 Å². The molecule has 0 aliphatic carbocycles. The number of rotatable bonds is 12. The van der Waals surface area contributed by atoms with E-state index in [0.29, 0.717) is 17.7 Å². The number of aryl methyl sites for hydroxylation is 1. The normalized spacial score (nSPS) is 12.6. The van der Waals surface area contributed by atoms with Gasteiger partial charge in [0.1, 0.15) is 11.9 Å². The van der Waals surface area contributed by atoms with Crippen LogP contribution in [0.5, 0.6) is 0 Å². The van der Waals surface area contributed by atoms with Gasteiger partial charge < -0.3 is 10.2 Å². The molecule has 0 heterocycles. The van der Waals surface area contributed by atoms with E-state index in [1.165, 1.54) is 29.0 Å². The maximum atomic E-state index is 14.6. The summed E-state index contributed by atoms with van der Waals surface area (Å²) in [5, 5.41) is 3.04. The molecule has 0 saturated heterocycles. The highest BCUT2D eigenvalue weighted by Gasteiger charge is 2.31. The molecule has 0 saturated carbocycles. The monoisotopic (exact) mass is 506 g/mol. The highest BCUT2D eigenvalue weighted by molar-refractivity contribution is 7.99. The van der Waals surface area contributed by atoms with E-state index in [1.54, 1.807) is 23.1 Å². The molecule has 0 radical (unpaired) electrons. The van der Waals surface area contributed by atoms with Crippen LogP contribution >= 0.6 is 11.8 Å². The van der Waals surface area contributed by atoms with Gasteiger partial charge >= 0.3 is 0 Å². The largest absolute Gasteiger partial charge is 0.352 e. The fourth-order valence-corrected chi connectivity index (χ4v) is 4.89. The van der Waals surface area contributed by atoms with Crippen molar-refractivity contribution >= 4 is 23.6 Å². The molecule has 3 aromatic rings. The second kappa shape index (κ2) is 13.8. The van der Waals surface area contributed by atoms with Gasteiger partial charge in [-0.3, -0.25) is 9.59 Å². The molecule has 190 valence electrons. The van der Waals surface area contributed by atoms with Crippen LogP contribution in [0.2, 0.25) is 0 Å². The van der Waals surface area contributed by atoms with Gasteiger partial charge in [-0.15, -0.1) is 11.8 Å². The Hall–Kier alpha value is -3.12. The van der Waals surface area contributed by atoms with Crippen LogP contribution in [0, 0.1) is 12.7 Å². The Morgan fingerprint density at radius 1 is 0.944 bits per heavy atom. The second-order valence-corrected chi connectivity index (χ2v) is 10.0. The Balaban J connectivity index is 1.87. The minimum absolute atomic E-state index is 0.0296. The van der Waals surface area contributed by atoms with Crippen molar-refractivity contribution in [1.29, 1.82) is 0 Å². The molecule has 0 unspecified atom stereocenters. The maximum absolute atomic E-state index is 14.6. The Labute approximate surface area is 218 Å². The lowest BCUT2D eigenvalue weighted by Gasteiger charge is -2.32. The Morgan fingerprint density at radius 3 is 2.25 bits per heavy atom. The third-order valence-corrected chi connectivity index (χ3v) is 7.28. The molecule has 1 N–H and O–H groups in total. The van der Waals surface area contributed by atoms with Crippen molar-refractivity contribution in [1.82, 2.24) is 10.2 Å². The molecule has 0 bridgehead atoms. The van der Waals surface area contributed by atoms with E-state index in [1.807, 2.05) is 56.3 Å². The smallest absolute Gasteiger partial charge is 0.243 e. The number of halogens is 1. The fourth-order valence-electron chi connectivity index (χ4n) is 3.91. The molecular formula is C30H35FN2O2S. The van der Waals surface area contributed by atoms with Gasteiger partial charge in [0, 0.05) is 30.3 Å². The Kier molecular flexibility index (Phi) is 10.6. The first-order chi connectivity index (χ1) is 17.4. The van der Waals surface area contributed by atoms with Crippen LogP contribution in [0.25, 0.3) is 0 Å². The molecule has 0 spiro atoms. The number of nitrogens with one attached hydrogen (secondary N) is 1. The number of hydrogen-bond acceptors (Lipinski definition) is 3. The van der Waals surface area contributed by atoms with Gasteiger partial charge in [0.25, 0.3) is 0 Å². The summed E-state index contributed by atoms with van der Waals surface area (Å²) in [6.07, 6.45) is 1.13. The van der Waals surface area contributed by atoms with E-state index < -0.39 is 6.04 Å². The number of amides is 2. The number of benzene rings is 3. The summed E-state index contributed by atoms with van der Waals surface area (Å²) >= 11 is 1.51. The topological polar surface area (TPSA) is 49.4 Å². The molecule has 0 fully saturated rings. The third kappa shape index (κ3) is 7.95. The van der Waals surface area contributed by atoms with Crippen molar-refractivity contribution in [2.75, 3.05) is 5.75 Å². The van der Waals surface area contributed by atoms with Gasteiger partial charge in [-0.25, -0.2) is 4.39 Å². The Bertz CT molecular complexity index is 1140. The molecule has 6 heteroatoms. The van der Waals surface area contributed by atoms with E-state index in [9.17, 15) is 14.0 Å². The summed E-state index contributed by atoms with van der Waals surface area (Å²) in [4.78, 5) is 28.7. The summed E-state index contributed by atoms with van der Waals surface area (Å²) < 4.78 is 14.6. The predicted octanol–water partition coefficient (Wildman–Crippen LogP) is 5.92. The second-order valence-electron chi connectivity index (χ2n) is 9.06. The third-order valence-electron chi connectivity index (χ3n) is 6.32. The van der Waals surface area contributed by atoms with Gasteiger partial charge in [0.2, 0.25) is 11.8 Å². The molecule has 2 amide bonds. The summed E-state index contributed by atoms with van der Waals surface area (Å²) in [5.74, 6) is 0.0986. The van der Waals surface area contributed by atoms with Crippen LogP contribution in [0.3, 0.4) is 0 Å². The molecule has 36 heavy (non-hydrogen) atoms. The van der Waals surface area contributed by atoms with Crippen molar-refractivity contribution in [2.45, 2.75) is 58.0 Å². The summed E-state index contributed by atoms with van der Waals surface area (Å²) in [5.41, 5.74) is 3.69.